The Labute approximate surface area is 108 Å². The molecule has 0 aliphatic heterocycles. The minimum absolute atomic E-state index is 0.102. The molecular formula is C13H10ClFN2O. The molecule has 5 heteroatoms. The van der Waals surface area contributed by atoms with Gasteiger partial charge in [0.2, 0.25) is 0 Å². The van der Waals surface area contributed by atoms with Crippen LogP contribution in [0.2, 0.25) is 5.02 Å². The fourth-order valence-electron chi connectivity index (χ4n) is 1.47. The first kappa shape index (κ1) is 12.4. The number of benzene rings is 2. The summed E-state index contributed by atoms with van der Waals surface area (Å²) in [6.07, 6.45) is 0. The van der Waals surface area contributed by atoms with E-state index >= 15 is 0 Å². The van der Waals surface area contributed by atoms with Crippen LogP contribution in [-0.4, -0.2) is 5.91 Å². The molecular weight excluding hydrogens is 255 g/mol. The maximum absolute atomic E-state index is 13.2. The fraction of sp³-hybridized carbons (Fsp3) is 0. The van der Waals surface area contributed by atoms with Gasteiger partial charge in [-0.3, -0.25) is 4.79 Å². The summed E-state index contributed by atoms with van der Waals surface area (Å²) in [5.74, 6) is -1.08. The molecule has 0 unspecified atom stereocenters. The monoisotopic (exact) mass is 264 g/mol. The van der Waals surface area contributed by atoms with Crippen LogP contribution < -0.4 is 11.1 Å². The van der Waals surface area contributed by atoms with Gasteiger partial charge in [0.1, 0.15) is 5.82 Å². The molecule has 3 N–H and O–H groups in total. The Morgan fingerprint density at radius 1 is 1.17 bits per heavy atom. The Bertz CT molecular complexity index is 584. The van der Waals surface area contributed by atoms with Crippen LogP contribution in [0.25, 0.3) is 0 Å². The fourth-order valence-corrected chi connectivity index (χ4v) is 1.59. The van der Waals surface area contributed by atoms with Gasteiger partial charge in [-0.2, -0.15) is 0 Å². The third-order valence-corrected chi connectivity index (χ3v) is 2.65. The first-order valence-corrected chi connectivity index (χ1v) is 5.56. The number of nitrogens with two attached hydrogens (primary N) is 1. The number of nitrogen functional groups attached to an aromatic ring is 1. The molecule has 2 aromatic rings. The summed E-state index contributed by atoms with van der Waals surface area (Å²) in [7, 11) is 0. The molecule has 0 atom stereocenters. The lowest BCUT2D eigenvalue weighted by Crippen LogP contribution is -2.14. The average Bonchev–Trinajstić information content (AvgIpc) is 2.35. The molecule has 0 bridgehead atoms. The number of hydrogen-bond acceptors (Lipinski definition) is 2. The van der Waals surface area contributed by atoms with Gasteiger partial charge in [-0.05, 0) is 36.4 Å². The molecule has 0 aromatic heterocycles. The van der Waals surface area contributed by atoms with E-state index in [1.165, 1.54) is 18.2 Å². The zero-order valence-electron chi connectivity index (χ0n) is 9.28. The molecule has 2 rings (SSSR count). The van der Waals surface area contributed by atoms with Crippen LogP contribution in [0.5, 0.6) is 0 Å². The van der Waals surface area contributed by atoms with E-state index in [2.05, 4.69) is 5.32 Å². The maximum Gasteiger partial charge on any atom is 0.257 e. The normalized spacial score (nSPS) is 10.1. The number of nitrogens with one attached hydrogen (secondary N) is 1. The molecule has 0 fully saturated rings. The molecule has 18 heavy (non-hydrogen) atoms. The molecule has 92 valence electrons. The molecule has 0 spiro atoms. The van der Waals surface area contributed by atoms with Crippen molar-refractivity contribution >= 4 is 28.9 Å². The van der Waals surface area contributed by atoms with Gasteiger partial charge in [0.15, 0.2) is 0 Å². The Morgan fingerprint density at radius 2 is 1.83 bits per heavy atom. The van der Waals surface area contributed by atoms with Crippen LogP contribution in [0.15, 0.2) is 42.5 Å². The highest BCUT2D eigenvalue weighted by atomic mass is 35.5. The van der Waals surface area contributed by atoms with Gasteiger partial charge in [-0.25, -0.2) is 4.39 Å². The second-order valence-electron chi connectivity index (χ2n) is 3.66. The predicted octanol–water partition coefficient (Wildman–Crippen LogP) is 3.31. The van der Waals surface area contributed by atoms with Gasteiger partial charge in [-0.1, -0.05) is 17.7 Å². The summed E-state index contributed by atoms with van der Waals surface area (Å²) in [5, 5.41) is 3.18. The number of para-hydroxylation sites is 1. The molecule has 0 heterocycles. The Balaban J connectivity index is 2.22. The molecule has 0 saturated heterocycles. The highest BCUT2D eigenvalue weighted by Gasteiger charge is 2.12. The average molecular weight is 265 g/mol. The van der Waals surface area contributed by atoms with E-state index in [0.717, 1.165) is 0 Å². The van der Waals surface area contributed by atoms with Crippen molar-refractivity contribution in [3.8, 4) is 0 Å². The van der Waals surface area contributed by atoms with Crippen LogP contribution in [0, 0.1) is 5.82 Å². The third kappa shape index (κ3) is 2.60. The van der Waals surface area contributed by atoms with Gasteiger partial charge in [0.05, 0.1) is 11.3 Å². The summed E-state index contributed by atoms with van der Waals surface area (Å²) in [4.78, 5) is 11.9. The molecule has 0 radical (unpaired) electrons. The summed E-state index contributed by atoms with van der Waals surface area (Å²) < 4.78 is 13.2. The zero-order valence-corrected chi connectivity index (χ0v) is 10.0. The van der Waals surface area contributed by atoms with E-state index in [4.69, 9.17) is 17.3 Å². The Morgan fingerprint density at radius 3 is 2.50 bits per heavy atom. The number of hydrogen-bond donors (Lipinski definition) is 2. The van der Waals surface area contributed by atoms with Crippen molar-refractivity contribution in [3.05, 3.63) is 58.9 Å². The van der Waals surface area contributed by atoms with Crippen molar-refractivity contribution in [2.24, 2.45) is 0 Å². The molecule has 3 nitrogen and oxygen atoms in total. The minimum atomic E-state index is -0.612. The van der Waals surface area contributed by atoms with Crippen molar-refractivity contribution in [1.82, 2.24) is 0 Å². The van der Waals surface area contributed by atoms with E-state index in [1.54, 1.807) is 24.3 Å². The first-order chi connectivity index (χ1) is 8.58. The van der Waals surface area contributed by atoms with Gasteiger partial charge < -0.3 is 11.1 Å². The second-order valence-corrected chi connectivity index (χ2v) is 4.10. The van der Waals surface area contributed by atoms with Gasteiger partial charge in [0, 0.05) is 10.7 Å². The van der Waals surface area contributed by atoms with Crippen LogP contribution in [0.4, 0.5) is 15.8 Å². The van der Waals surface area contributed by atoms with Crippen molar-refractivity contribution < 1.29 is 9.18 Å². The van der Waals surface area contributed by atoms with Gasteiger partial charge in [-0.15, -0.1) is 0 Å². The summed E-state index contributed by atoms with van der Waals surface area (Å²) in [6, 6.07) is 10.7. The third-order valence-electron chi connectivity index (χ3n) is 2.40. The number of carbonyl (C=O) groups is 1. The summed E-state index contributed by atoms with van der Waals surface area (Å²) >= 11 is 5.73. The largest absolute Gasteiger partial charge is 0.396 e. The topological polar surface area (TPSA) is 55.1 Å². The van der Waals surface area contributed by atoms with E-state index in [-0.39, 0.29) is 11.3 Å². The number of rotatable bonds is 2. The lowest BCUT2D eigenvalue weighted by molar-refractivity contribution is 0.102. The van der Waals surface area contributed by atoms with Crippen LogP contribution in [0.3, 0.4) is 0 Å². The quantitative estimate of drug-likeness (QED) is 0.818. The van der Waals surface area contributed by atoms with Crippen molar-refractivity contribution in [3.63, 3.8) is 0 Å². The van der Waals surface area contributed by atoms with E-state index < -0.39 is 11.7 Å². The first-order valence-electron chi connectivity index (χ1n) is 5.19. The van der Waals surface area contributed by atoms with Crippen molar-refractivity contribution in [1.29, 1.82) is 0 Å². The van der Waals surface area contributed by atoms with Crippen LogP contribution in [-0.2, 0) is 0 Å². The van der Waals surface area contributed by atoms with Crippen molar-refractivity contribution in [2.45, 2.75) is 0 Å². The van der Waals surface area contributed by atoms with Gasteiger partial charge >= 0.3 is 0 Å². The lowest BCUT2D eigenvalue weighted by atomic mass is 10.1. The van der Waals surface area contributed by atoms with E-state index in [1.807, 2.05) is 0 Å². The molecule has 1 amide bonds. The van der Waals surface area contributed by atoms with Crippen LogP contribution >= 0.6 is 11.6 Å². The highest BCUT2D eigenvalue weighted by Crippen LogP contribution is 2.18. The molecule has 0 saturated carbocycles. The molecule has 0 aliphatic carbocycles. The summed E-state index contributed by atoms with van der Waals surface area (Å²) in [6.45, 7) is 0. The van der Waals surface area contributed by atoms with Gasteiger partial charge in [0.25, 0.3) is 5.91 Å². The second kappa shape index (κ2) is 5.06. The predicted molar refractivity (Wildman–Crippen MR) is 70.2 cm³/mol. The smallest absolute Gasteiger partial charge is 0.257 e. The minimum Gasteiger partial charge on any atom is -0.396 e. The summed E-state index contributed by atoms with van der Waals surface area (Å²) in [5.41, 5.74) is 6.01. The Kier molecular flexibility index (Phi) is 3.48. The zero-order chi connectivity index (χ0) is 13.1. The van der Waals surface area contributed by atoms with E-state index in [9.17, 15) is 9.18 Å². The molecule has 0 aliphatic rings. The van der Waals surface area contributed by atoms with Crippen LogP contribution in [0.1, 0.15) is 10.4 Å². The Hall–Kier alpha value is -2.07. The SMILES string of the molecule is Nc1c(F)cccc1C(=O)Nc1ccc(Cl)cc1. The maximum atomic E-state index is 13.2. The number of amides is 1. The lowest BCUT2D eigenvalue weighted by Gasteiger charge is -2.08. The molecule has 2 aromatic carbocycles. The van der Waals surface area contributed by atoms with E-state index in [0.29, 0.717) is 10.7 Å². The number of halogens is 2. The number of carbonyl (C=O) groups excluding carboxylic acids is 1. The standard InChI is InChI=1S/C13H10ClFN2O/c14-8-4-6-9(7-5-8)17-13(18)10-2-1-3-11(15)12(10)16/h1-7H,16H2,(H,17,18). The number of anilines is 2. The van der Waals surface area contributed by atoms with Crippen molar-refractivity contribution in [2.75, 3.05) is 11.1 Å². The highest BCUT2D eigenvalue weighted by molar-refractivity contribution is 6.30.